The number of rotatable bonds is 7. The lowest BCUT2D eigenvalue weighted by Gasteiger charge is -2.22. The highest BCUT2D eigenvalue weighted by atomic mass is 16.2. The van der Waals surface area contributed by atoms with Crippen LogP contribution in [0.25, 0.3) is 0 Å². The van der Waals surface area contributed by atoms with Crippen LogP contribution in [0.5, 0.6) is 0 Å². The van der Waals surface area contributed by atoms with Crippen molar-refractivity contribution in [3.8, 4) is 0 Å². The third-order valence-electron chi connectivity index (χ3n) is 5.96. The lowest BCUT2D eigenvalue weighted by atomic mass is 10.0. The van der Waals surface area contributed by atoms with E-state index < -0.39 is 0 Å². The molecule has 3 N–H and O–H groups in total. The van der Waals surface area contributed by atoms with Crippen LogP contribution in [0.15, 0.2) is 67.0 Å². The first kappa shape index (κ1) is 23.3. The molecular formula is C27H31N5O2. The molecule has 0 radical (unpaired) electrons. The van der Waals surface area contributed by atoms with Gasteiger partial charge in [-0.3, -0.25) is 9.78 Å². The second-order valence-corrected chi connectivity index (χ2v) is 8.83. The molecule has 2 heterocycles. The van der Waals surface area contributed by atoms with Gasteiger partial charge >= 0.3 is 6.03 Å². The molecule has 7 nitrogen and oxygen atoms in total. The highest BCUT2D eigenvalue weighted by molar-refractivity contribution is 6.04. The Balaban J connectivity index is 1.47. The van der Waals surface area contributed by atoms with Gasteiger partial charge in [-0.25, -0.2) is 4.79 Å². The summed E-state index contributed by atoms with van der Waals surface area (Å²) >= 11 is 0. The molecule has 34 heavy (non-hydrogen) atoms. The number of carbonyl (C=O) groups excluding carboxylic acids is 2. The van der Waals surface area contributed by atoms with E-state index in [-0.39, 0.29) is 11.9 Å². The Morgan fingerprint density at radius 1 is 0.971 bits per heavy atom. The molecule has 176 valence electrons. The molecule has 1 saturated heterocycles. The van der Waals surface area contributed by atoms with Crippen molar-refractivity contribution in [3.05, 3.63) is 83.7 Å². The molecule has 0 atom stereocenters. The normalized spacial score (nSPS) is 13.1. The Hall–Kier alpha value is -3.87. The van der Waals surface area contributed by atoms with Crippen LogP contribution in [-0.4, -0.2) is 30.0 Å². The van der Waals surface area contributed by atoms with E-state index in [9.17, 15) is 9.59 Å². The Labute approximate surface area is 200 Å². The van der Waals surface area contributed by atoms with Crippen molar-refractivity contribution in [1.82, 2.24) is 10.3 Å². The van der Waals surface area contributed by atoms with Gasteiger partial charge in [-0.05, 0) is 66.3 Å². The number of urea groups is 1. The van der Waals surface area contributed by atoms with E-state index in [0.717, 1.165) is 37.2 Å². The smallest absolute Gasteiger partial charge is 0.323 e. The average molecular weight is 458 g/mol. The fraction of sp³-hybridized carbons (Fsp3) is 0.296. The molecule has 2 aromatic carbocycles. The van der Waals surface area contributed by atoms with Crippen LogP contribution in [0, 0.1) is 0 Å². The van der Waals surface area contributed by atoms with Gasteiger partial charge < -0.3 is 20.9 Å². The Morgan fingerprint density at radius 2 is 1.68 bits per heavy atom. The number of nitrogens with zero attached hydrogens (tertiary/aromatic N) is 2. The summed E-state index contributed by atoms with van der Waals surface area (Å²) in [6, 6.07) is 16.7. The fourth-order valence-corrected chi connectivity index (χ4v) is 4.05. The van der Waals surface area contributed by atoms with Gasteiger partial charge in [0.05, 0.1) is 5.56 Å². The van der Waals surface area contributed by atoms with Crippen molar-refractivity contribution in [2.24, 2.45) is 0 Å². The third kappa shape index (κ3) is 5.92. The lowest BCUT2D eigenvalue weighted by molar-refractivity contribution is 0.0951. The standard InChI is InChI=1S/C27H31N5O2/c1-19(2)21-7-9-22(10-8-21)30-27(34)31-23-11-12-25(32-14-3-4-15-32)24(16-23)26(33)29-18-20-6-5-13-28-17-20/h5-13,16-17,19H,3-4,14-15,18H2,1-2H3,(H,29,33)(H2,30,31,34). The van der Waals surface area contributed by atoms with Crippen molar-refractivity contribution in [2.45, 2.75) is 39.2 Å². The summed E-state index contributed by atoms with van der Waals surface area (Å²) in [5.41, 5.74) is 4.85. The molecule has 7 heteroatoms. The maximum atomic E-state index is 13.1. The number of benzene rings is 2. The zero-order valence-electron chi connectivity index (χ0n) is 19.7. The molecular weight excluding hydrogens is 426 g/mol. The molecule has 1 fully saturated rings. The monoisotopic (exact) mass is 457 g/mol. The van der Waals surface area contributed by atoms with E-state index >= 15 is 0 Å². The van der Waals surface area contributed by atoms with Crippen LogP contribution in [0.2, 0.25) is 0 Å². The average Bonchev–Trinajstić information content (AvgIpc) is 3.38. The molecule has 0 spiro atoms. The minimum Gasteiger partial charge on any atom is -0.371 e. The van der Waals surface area contributed by atoms with Gasteiger partial charge in [0.1, 0.15) is 0 Å². The second-order valence-electron chi connectivity index (χ2n) is 8.83. The van der Waals surface area contributed by atoms with Crippen molar-refractivity contribution in [1.29, 1.82) is 0 Å². The quantitative estimate of drug-likeness (QED) is 0.445. The van der Waals surface area contributed by atoms with Gasteiger partial charge in [0, 0.05) is 49.1 Å². The summed E-state index contributed by atoms with van der Waals surface area (Å²) in [5, 5.41) is 8.69. The Bertz CT molecular complexity index is 1120. The Morgan fingerprint density at radius 3 is 2.35 bits per heavy atom. The number of pyridine rings is 1. The minimum atomic E-state index is -0.354. The van der Waals surface area contributed by atoms with E-state index in [4.69, 9.17) is 0 Å². The SMILES string of the molecule is CC(C)c1ccc(NC(=O)Nc2ccc(N3CCCC3)c(C(=O)NCc3cccnc3)c2)cc1. The van der Waals surface area contributed by atoms with Crippen molar-refractivity contribution < 1.29 is 9.59 Å². The molecule has 1 aromatic heterocycles. The number of anilines is 3. The summed E-state index contributed by atoms with van der Waals surface area (Å²) in [6.07, 6.45) is 5.65. The van der Waals surface area contributed by atoms with E-state index in [2.05, 4.69) is 39.7 Å². The minimum absolute atomic E-state index is 0.181. The van der Waals surface area contributed by atoms with Crippen molar-refractivity contribution in [2.75, 3.05) is 28.6 Å². The first-order valence-corrected chi connectivity index (χ1v) is 11.7. The predicted molar refractivity (Wildman–Crippen MR) is 136 cm³/mol. The van der Waals surface area contributed by atoms with E-state index in [0.29, 0.717) is 29.4 Å². The molecule has 3 amide bonds. The number of aromatic nitrogens is 1. The molecule has 4 rings (SSSR count). The fourth-order valence-electron chi connectivity index (χ4n) is 4.05. The number of amides is 3. The second kappa shape index (κ2) is 10.8. The summed E-state index contributed by atoms with van der Waals surface area (Å²) < 4.78 is 0. The molecule has 0 aliphatic carbocycles. The van der Waals surface area contributed by atoms with Gasteiger partial charge in [-0.15, -0.1) is 0 Å². The van der Waals surface area contributed by atoms with Crippen LogP contribution >= 0.6 is 0 Å². The summed E-state index contributed by atoms with van der Waals surface area (Å²) in [7, 11) is 0. The van der Waals surface area contributed by atoms with Crippen molar-refractivity contribution >= 4 is 29.0 Å². The van der Waals surface area contributed by atoms with Gasteiger partial charge in [-0.1, -0.05) is 32.0 Å². The molecule has 1 aliphatic rings. The number of hydrogen-bond donors (Lipinski definition) is 3. The predicted octanol–water partition coefficient (Wildman–Crippen LogP) is 5.38. The summed E-state index contributed by atoms with van der Waals surface area (Å²) in [4.78, 5) is 32.0. The number of carbonyl (C=O) groups is 2. The van der Waals surface area contributed by atoms with Crippen LogP contribution in [0.4, 0.5) is 21.9 Å². The van der Waals surface area contributed by atoms with E-state index in [1.165, 1.54) is 5.56 Å². The molecule has 1 aliphatic heterocycles. The number of nitrogens with one attached hydrogen (secondary N) is 3. The highest BCUT2D eigenvalue weighted by Gasteiger charge is 2.20. The maximum Gasteiger partial charge on any atom is 0.323 e. The van der Waals surface area contributed by atoms with Gasteiger partial charge in [-0.2, -0.15) is 0 Å². The zero-order chi connectivity index (χ0) is 23.9. The zero-order valence-corrected chi connectivity index (χ0v) is 19.7. The summed E-state index contributed by atoms with van der Waals surface area (Å²) in [5.74, 6) is 0.249. The van der Waals surface area contributed by atoms with Crippen LogP contribution in [0.1, 0.15) is 54.1 Å². The largest absolute Gasteiger partial charge is 0.371 e. The van der Waals surface area contributed by atoms with E-state index in [1.807, 2.05) is 48.5 Å². The Kier molecular flexibility index (Phi) is 7.42. The first-order chi connectivity index (χ1) is 16.5. The van der Waals surface area contributed by atoms with E-state index in [1.54, 1.807) is 18.5 Å². The molecule has 0 saturated carbocycles. The molecule has 3 aromatic rings. The maximum absolute atomic E-state index is 13.1. The van der Waals surface area contributed by atoms with Crippen molar-refractivity contribution in [3.63, 3.8) is 0 Å². The molecule has 0 bridgehead atoms. The first-order valence-electron chi connectivity index (χ1n) is 11.7. The van der Waals surface area contributed by atoms with Gasteiger partial charge in [0.2, 0.25) is 0 Å². The van der Waals surface area contributed by atoms with Crippen LogP contribution < -0.4 is 20.9 Å². The number of hydrogen-bond acceptors (Lipinski definition) is 4. The third-order valence-corrected chi connectivity index (χ3v) is 5.96. The van der Waals surface area contributed by atoms with Crippen LogP contribution in [-0.2, 0) is 6.54 Å². The molecule has 0 unspecified atom stereocenters. The van der Waals surface area contributed by atoms with Crippen LogP contribution in [0.3, 0.4) is 0 Å². The topological polar surface area (TPSA) is 86.4 Å². The highest BCUT2D eigenvalue weighted by Crippen LogP contribution is 2.28. The lowest BCUT2D eigenvalue weighted by Crippen LogP contribution is -2.27. The van der Waals surface area contributed by atoms with Gasteiger partial charge in [0.15, 0.2) is 0 Å². The van der Waals surface area contributed by atoms with Gasteiger partial charge in [0.25, 0.3) is 5.91 Å². The summed E-state index contributed by atoms with van der Waals surface area (Å²) in [6.45, 7) is 6.48.